The SMILES string of the molecule is CN(CCCCCO)Cc1ccc(C#CCO)s1. The molecule has 100 valence electrons. The van der Waals surface area contributed by atoms with Gasteiger partial charge in [0, 0.05) is 18.0 Å². The van der Waals surface area contributed by atoms with E-state index < -0.39 is 0 Å². The van der Waals surface area contributed by atoms with Gasteiger partial charge in [0.05, 0.1) is 4.88 Å². The van der Waals surface area contributed by atoms with Crippen LogP contribution >= 0.6 is 11.3 Å². The number of nitrogens with zero attached hydrogens (tertiary/aromatic N) is 1. The fourth-order valence-corrected chi connectivity index (χ4v) is 2.63. The van der Waals surface area contributed by atoms with Gasteiger partial charge in [-0.2, -0.15) is 0 Å². The summed E-state index contributed by atoms with van der Waals surface area (Å²) in [7, 11) is 2.11. The Hall–Kier alpha value is -0.860. The summed E-state index contributed by atoms with van der Waals surface area (Å²) in [6.45, 7) is 2.19. The molecule has 0 fully saturated rings. The molecule has 0 aromatic carbocycles. The quantitative estimate of drug-likeness (QED) is 0.583. The second-order valence-corrected chi connectivity index (χ2v) is 5.42. The van der Waals surface area contributed by atoms with Crippen LogP contribution in [-0.4, -0.2) is 41.9 Å². The van der Waals surface area contributed by atoms with Crippen molar-refractivity contribution in [2.24, 2.45) is 0 Å². The lowest BCUT2D eigenvalue weighted by molar-refractivity contribution is 0.271. The number of hydrogen-bond donors (Lipinski definition) is 2. The largest absolute Gasteiger partial charge is 0.396 e. The van der Waals surface area contributed by atoms with Gasteiger partial charge in [0.25, 0.3) is 0 Å². The lowest BCUT2D eigenvalue weighted by atomic mass is 10.2. The average Bonchev–Trinajstić information content (AvgIpc) is 2.80. The summed E-state index contributed by atoms with van der Waals surface area (Å²) < 4.78 is 0. The van der Waals surface area contributed by atoms with Crippen LogP contribution in [-0.2, 0) is 6.54 Å². The maximum Gasteiger partial charge on any atom is 0.104 e. The highest BCUT2D eigenvalue weighted by Gasteiger charge is 2.02. The Morgan fingerprint density at radius 2 is 2.06 bits per heavy atom. The van der Waals surface area contributed by atoms with Crippen LogP contribution in [0.2, 0.25) is 0 Å². The fraction of sp³-hybridized carbons (Fsp3) is 0.571. The highest BCUT2D eigenvalue weighted by atomic mass is 32.1. The van der Waals surface area contributed by atoms with Crippen LogP contribution in [0.15, 0.2) is 12.1 Å². The summed E-state index contributed by atoms with van der Waals surface area (Å²) in [5.41, 5.74) is 0. The summed E-state index contributed by atoms with van der Waals surface area (Å²) >= 11 is 1.68. The molecule has 1 aromatic heterocycles. The number of aliphatic hydroxyl groups excluding tert-OH is 2. The van der Waals surface area contributed by atoms with E-state index in [2.05, 4.69) is 29.9 Å². The van der Waals surface area contributed by atoms with Gasteiger partial charge in [-0.15, -0.1) is 11.3 Å². The van der Waals surface area contributed by atoms with E-state index in [0.29, 0.717) is 6.61 Å². The van der Waals surface area contributed by atoms with E-state index in [4.69, 9.17) is 10.2 Å². The zero-order valence-electron chi connectivity index (χ0n) is 10.9. The summed E-state index contributed by atoms with van der Waals surface area (Å²) in [6.07, 6.45) is 3.10. The summed E-state index contributed by atoms with van der Waals surface area (Å²) in [4.78, 5) is 4.58. The smallest absolute Gasteiger partial charge is 0.104 e. The molecule has 18 heavy (non-hydrogen) atoms. The van der Waals surface area contributed by atoms with Gasteiger partial charge in [0.15, 0.2) is 0 Å². The van der Waals surface area contributed by atoms with Crippen molar-refractivity contribution in [1.82, 2.24) is 4.90 Å². The van der Waals surface area contributed by atoms with E-state index in [-0.39, 0.29) is 6.61 Å². The topological polar surface area (TPSA) is 43.7 Å². The minimum atomic E-state index is -0.0853. The molecule has 0 aliphatic heterocycles. The molecule has 0 bridgehead atoms. The van der Waals surface area contributed by atoms with E-state index in [9.17, 15) is 0 Å². The van der Waals surface area contributed by atoms with Crippen molar-refractivity contribution in [3.63, 3.8) is 0 Å². The number of hydrogen-bond acceptors (Lipinski definition) is 4. The minimum Gasteiger partial charge on any atom is -0.396 e. The van der Waals surface area contributed by atoms with E-state index in [1.165, 1.54) is 4.88 Å². The molecule has 1 heterocycles. The first-order valence-electron chi connectivity index (χ1n) is 6.24. The number of aliphatic hydroxyl groups is 2. The molecule has 0 amide bonds. The molecule has 0 unspecified atom stereocenters. The standard InChI is InChI=1S/C14H21NO2S/c1-15(9-3-2-4-10-16)12-14-8-7-13(18-14)6-5-11-17/h7-8,16-17H,2-4,9-12H2,1H3. The molecule has 1 rings (SSSR count). The first-order chi connectivity index (χ1) is 8.76. The number of thiophene rings is 1. The third-order valence-corrected chi connectivity index (χ3v) is 3.56. The van der Waals surface area contributed by atoms with Gasteiger partial charge in [0.2, 0.25) is 0 Å². The summed E-state index contributed by atoms with van der Waals surface area (Å²) in [5.74, 6) is 5.58. The van der Waals surface area contributed by atoms with Crippen LogP contribution in [0.1, 0.15) is 29.0 Å². The van der Waals surface area contributed by atoms with Crippen molar-refractivity contribution in [3.8, 4) is 11.8 Å². The van der Waals surface area contributed by atoms with Crippen LogP contribution < -0.4 is 0 Å². The second-order valence-electron chi connectivity index (χ2n) is 4.25. The van der Waals surface area contributed by atoms with E-state index in [1.54, 1.807) is 11.3 Å². The Balaban J connectivity index is 2.30. The Labute approximate surface area is 113 Å². The Morgan fingerprint density at radius 3 is 2.78 bits per heavy atom. The number of unbranched alkanes of at least 4 members (excludes halogenated alkanes) is 2. The molecule has 3 nitrogen and oxygen atoms in total. The second kappa shape index (κ2) is 9.12. The van der Waals surface area contributed by atoms with E-state index >= 15 is 0 Å². The monoisotopic (exact) mass is 267 g/mol. The molecular formula is C14H21NO2S. The molecular weight excluding hydrogens is 246 g/mol. The van der Waals surface area contributed by atoms with Crippen molar-refractivity contribution in [2.45, 2.75) is 25.8 Å². The summed E-state index contributed by atoms with van der Waals surface area (Å²) in [5, 5.41) is 17.3. The van der Waals surface area contributed by atoms with Gasteiger partial charge in [-0.3, -0.25) is 0 Å². The van der Waals surface area contributed by atoms with Gasteiger partial charge < -0.3 is 15.1 Å². The third kappa shape index (κ3) is 6.18. The molecule has 0 aliphatic carbocycles. The first kappa shape index (κ1) is 15.2. The molecule has 0 saturated carbocycles. The summed E-state index contributed by atoms with van der Waals surface area (Å²) in [6, 6.07) is 4.10. The maximum atomic E-state index is 8.70. The van der Waals surface area contributed by atoms with Gasteiger partial charge in [-0.25, -0.2) is 0 Å². The van der Waals surface area contributed by atoms with Gasteiger partial charge in [-0.1, -0.05) is 11.8 Å². The van der Waals surface area contributed by atoms with Crippen LogP contribution in [0.5, 0.6) is 0 Å². The average molecular weight is 267 g/mol. The zero-order chi connectivity index (χ0) is 13.2. The lowest BCUT2D eigenvalue weighted by Gasteiger charge is -2.14. The van der Waals surface area contributed by atoms with Crippen LogP contribution in [0.3, 0.4) is 0 Å². The lowest BCUT2D eigenvalue weighted by Crippen LogP contribution is -2.18. The van der Waals surface area contributed by atoms with Crippen molar-refractivity contribution in [2.75, 3.05) is 26.8 Å². The van der Waals surface area contributed by atoms with Crippen molar-refractivity contribution >= 4 is 11.3 Å². The molecule has 0 atom stereocenters. The molecule has 1 aromatic rings. The highest BCUT2D eigenvalue weighted by molar-refractivity contribution is 7.12. The van der Waals surface area contributed by atoms with Crippen molar-refractivity contribution in [3.05, 3.63) is 21.9 Å². The predicted molar refractivity (Wildman–Crippen MR) is 75.6 cm³/mol. The fourth-order valence-electron chi connectivity index (χ4n) is 1.67. The van der Waals surface area contributed by atoms with Gasteiger partial charge in [0.1, 0.15) is 6.61 Å². The van der Waals surface area contributed by atoms with Crippen LogP contribution in [0, 0.1) is 11.8 Å². The Kier molecular flexibility index (Phi) is 7.70. The normalized spacial score (nSPS) is 10.4. The van der Waals surface area contributed by atoms with E-state index in [0.717, 1.165) is 37.2 Å². The number of rotatable bonds is 7. The Bertz CT molecular complexity index is 392. The van der Waals surface area contributed by atoms with Crippen LogP contribution in [0.4, 0.5) is 0 Å². The van der Waals surface area contributed by atoms with Crippen molar-refractivity contribution < 1.29 is 10.2 Å². The Morgan fingerprint density at radius 1 is 1.22 bits per heavy atom. The predicted octanol–water partition coefficient (Wildman–Crippen LogP) is 1.69. The molecule has 4 heteroatoms. The minimum absolute atomic E-state index is 0.0853. The first-order valence-corrected chi connectivity index (χ1v) is 7.05. The third-order valence-electron chi connectivity index (χ3n) is 2.58. The van der Waals surface area contributed by atoms with Crippen LogP contribution in [0.25, 0.3) is 0 Å². The maximum absolute atomic E-state index is 8.70. The molecule has 0 aliphatic rings. The van der Waals surface area contributed by atoms with Crippen molar-refractivity contribution in [1.29, 1.82) is 0 Å². The molecule has 0 saturated heterocycles. The van der Waals surface area contributed by atoms with Gasteiger partial charge >= 0.3 is 0 Å². The molecule has 2 N–H and O–H groups in total. The molecule has 0 radical (unpaired) electrons. The molecule has 0 spiro atoms. The van der Waals surface area contributed by atoms with Gasteiger partial charge in [-0.05, 0) is 45.0 Å². The van der Waals surface area contributed by atoms with E-state index in [1.807, 2.05) is 6.07 Å². The highest BCUT2D eigenvalue weighted by Crippen LogP contribution is 2.17. The zero-order valence-corrected chi connectivity index (χ0v) is 11.7.